The number of aromatic nitrogens is 2. The van der Waals surface area contributed by atoms with Gasteiger partial charge in [0.15, 0.2) is 0 Å². The molecule has 0 spiro atoms. The van der Waals surface area contributed by atoms with Crippen LogP contribution in [-0.2, 0) is 13.1 Å². The van der Waals surface area contributed by atoms with E-state index in [-0.39, 0.29) is 0 Å². The predicted octanol–water partition coefficient (Wildman–Crippen LogP) is 8.93. The number of rotatable bonds is 22. The Hall–Kier alpha value is -0.790. The quantitative estimate of drug-likeness (QED) is 0.131. The van der Waals surface area contributed by atoms with Crippen LogP contribution in [0.2, 0.25) is 0 Å². The van der Waals surface area contributed by atoms with Crippen molar-refractivity contribution in [3.8, 4) is 0 Å². The molecule has 2 heteroatoms. The summed E-state index contributed by atoms with van der Waals surface area (Å²) in [6, 6.07) is 0. The van der Waals surface area contributed by atoms with Crippen molar-refractivity contribution in [2.24, 2.45) is 0 Å². The van der Waals surface area contributed by atoms with Crippen LogP contribution in [0.4, 0.5) is 0 Å². The van der Waals surface area contributed by atoms with Gasteiger partial charge in [-0.15, -0.1) is 0 Å². The third kappa shape index (κ3) is 14.3. The molecule has 0 N–H and O–H groups in total. The maximum absolute atomic E-state index is 2.46. The van der Waals surface area contributed by atoms with E-state index in [0.717, 1.165) is 0 Å². The Balaban J connectivity index is 1.84. The summed E-state index contributed by atoms with van der Waals surface area (Å²) in [4.78, 5) is 0. The Kier molecular flexibility index (Phi) is 18.3. The van der Waals surface area contributed by atoms with Crippen LogP contribution in [0.25, 0.3) is 0 Å². The van der Waals surface area contributed by atoms with Gasteiger partial charge in [0.25, 0.3) is 5.82 Å². The monoisotopic (exact) mass is 419 g/mol. The summed E-state index contributed by atoms with van der Waals surface area (Å²) < 4.78 is 4.89. The van der Waals surface area contributed by atoms with E-state index in [4.69, 9.17) is 0 Å². The minimum Gasteiger partial charge on any atom is -0.234 e. The van der Waals surface area contributed by atoms with Crippen LogP contribution in [0.5, 0.6) is 0 Å². The average Bonchev–Trinajstić information content (AvgIpc) is 3.10. The molecule has 0 saturated carbocycles. The van der Waals surface area contributed by atoms with Gasteiger partial charge in [-0.25, -0.2) is 9.13 Å². The highest BCUT2D eigenvalue weighted by atomic mass is 15.1. The summed E-state index contributed by atoms with van der Waals surface area (Å²) in [5, 5.41) is 0. The molecule has 0 aliphatic carbocycles. The lowest BCUT2D eigenvalue weighted by Gasteiger charge is -2.04. The second-order valence-corrected chi connectivity index (χ2v) is 9.60. The van der Waals surface area contributed by atoms with Crippen molar-refractivity contribution in [1.29, 1.82) is 0 Å². The zero-order chi connectivity index (χ0) is 21.7. The first-order chi connectivity index (χ1) is 14.8. The Morgan fingerprint density at radius 3 is 1.43 bits per heavy atom. The summed E-state index contributed by atoms with van der Waals surface area (Å²) in [6.45, 7) is 9.24. The van der Waals surface area contributed by atoms with Crippen molar-refractivity contribution < 1.29 is 4.57 Å². The molecule has 0 aliphatic rings. The number of nitrogens with zero attached hydrogens (tertiary/aromatic N) is 2. The van der Waals surface area contributed by atoms with Gasteiger partial charge in [0.05, 0.1) is 13.1 Å². The summed E-state index contributed by atoms with van der Waals surface area (Å²) in [7, 11) is 0. The average molecular weight is 420 g/mol. The minimum absolute atomic E-state index is 1.19. The molecule has 0 bridgehead atoms. The fourth-order valence-corrected chi connectivity index (χ4v) is 4.55. The van der Waals surface area contributed by atoms with Crippen molar-refractivity contribution in [3.05, 3.63) is 18.2 Å². The molecule has 2 nitrogen and oxygen atoms in total. The highest BCUT2D eigenvalue weighted by Crippen LogP contribution is 2.14. The second kappa shape index (κ2) is 20.1. The van der Waals surface area contributed by atoms with Crippen molar-refractivity contribution >= 4 is 0 Å². The van der Waals surface area contributed by atoms with E-state index >= 15 is 0 Å². The van der Waals surface area contributed by atoms with Gasteiger partial charge in [-0.05, 0) is 25.7 Å². The van der Waals surface area contributed by atoms with E-state index in [1.165, 1.54) is 147 Å². The maximum atomic E-state index is 2.46. The molecule has 0 unspecified atom stereocenters. The van der Waals surface area contributed by atoms with Crippen molar-refractivity contribution in [2.45, 2.75) is 162 Å². The molecule has 0 fully saturated rings. The van der Waals surface area contributed by atoms with Gasteiger partial charge in [-0.1, -0.05) is 117 Å². The second-order valence-electron chi connectivity index (χ2n) is 9.60. The van der Waals surface area contributed by atoms with Gasteiger partial charge in [0, 0.05) is 6.92 Å². The zero-order valence-electron chi connectivity index (χ0n) is 21.1. The molecule has 1 heterocycles. The molecule has 1 rings (SSSR count). The van der Waals surface area contributed by atoms with E-state index in [1.807, 2.05) is 0 Å². The highest BCUT2D eigenvalue weighted by molar-refractivity contribution is 4.79. The van der Waals surface area contributed by atoms with Crippen LogP contribution in [0, 0.1) is 6.92 Å². The Morgan fingerprint density at radius 2 is 0.967 bits per heavy atom. The van der Waals surface area contributed by atoms with Gasteiger partial charge in [0.1, 0.15) is 12.4 Å². The summed E-state index contributed by atoms with van der Waals surface area (Å²) in [5.41, 5.74) is 0. The third-order valence-corrected chi connectivity index (χ3v) is 6.76. The SMILES string of the molecule is CCCCCCCCCCCCCCCCCCCn1cc[n+](CCCCC)c1C. The summed E-state index contributed by atoms with van der Waals surface area (Å²) in [6.07, 6.45) is 33.1. The lowest BCUT2D eigenvalue weighted by Crippen LogP contribution is -2.35. The molecule has 0 saturated heterocycles. The highest BCUT2D eigenvalue weighted by Gasteiger charge is 2.10. The standard InChI is InChI=1S/C28H55N2/c1-4-6-8-9-10-11-12-13-14-15-16-17-18-19-20-21-23-25-30-27-26-29(28(30)3)24-22-7-5-2/h26-27H,4-25H2,1-3H3/q+1. The zero-order valence-corrected chi connectivity index (χ0v) is 21.1. The fourth-order valence-electron chi connectivity index (χ4n) is 4.55. The number of aryl methyl sites for hydroxylation is 2. The van der Waals surface area contributed by atoms with Crippen LogP contribution in [0.1, 0.15) is 148 Å². The maximum Gasteiger partial charge on any atom is 0.253 e. The van der Waals surface area contributed by atoms with Crippen LogP contribution in [-0.4, -0.2) is 4.57 Å². The molecule has 1 aromatic heterocycles. The number of hydrogen-bond acceptors (Lipinski definition) is 0. The number of imidazole rings is 1. The summed E-state index contributed by atoms with van der Waals surface area (Å²) in [5.74, 6) is 1.43. The molecule has 0 amide bonds. The van der Waals surface area contributed by atoms with Crippen LogP contribution in [0.15, 0.2) is 12.4 Å². The van der Waals surface area contributed by atoms with Crippen molar-refractivity contribution in [3.63, 3.8) is 0 Å². The first kappa shape index (κ1) is 27.2. The minimum atomic E-state index is 1.19. The van der Waals surface area contributed by atoms with Gasteiger partial charge < -0.3 is 0 Å². The van der Waals surface area contributed by atoms with E-state index in [9.17, 15) is 0 Å². The molecule has 0 aliphatic heterocycles. The van der Waals surface area contributed by atoms with E-state index in [2.05, 4.69) is 42.3 Å². The predicted molar refractivity (Wildman–Crippen MR) is 133 cm³/mol. The molecular formula is C28H55N2+. The number of hydrogen-bond donors (Lipinski definition) is 0. The lowest BCUT2D eigenvalue weighted by molar-refractivity contribution is -0.702. The van der Waals surface area contributed by atoms with Gasteiger partial charge in [0.2, 0.25) is 0 Å². The Labute approximate surface area is 189 Å². The Bertz CT molecular complexity index is 477. The third-order valence-electron chi connectivity index (χ3n) is 6.76. The van der Waals surface area contributed by atoms with E-state index in [0.29, 0.717) is 0 Å². The molecule has 0 aromatic carbocycles. The fraction of sp³-hybridized carbons (Fsp3) is 0.893. The van der Waals surface area contributed by atoms with Crippen molar-refractivity contribution in [2.75, 3.05) is 0 Å². The van der Waals surface area contributed by atoms with E-state index < -0.39 is 0 Å². The first-order valence-electron chi connectivity index (χ1n) is 13.8. The number of unbranched alkanes of at least 4 members (excludes halogenated alkanes) is 18. The van der Waals surface area contributed by atoms with Crippen LogP contribution in [0.3, 0.4) is 0 Å². The van der Waals surface area contributed by atoms with Gasteiger partial charge in [-0.2, -0.15) is 0 Å². The van der Waals surface area contributed by atoms with Gasteiger partial charge in [-0.3, -0.25) is 0 Å². The largest absolute Gasteiger partial charge is 0.253 e. The Morgan fingerprint density at radius 1 is 0.567 bits per heavy atom. The van der Waals surface area contributed by atoms with Crippen LogP contribution >= 0.6 is 0 Å². The smallest absolute Gasteiger partial charge is 0.234 e. The molecule has 0 atom stereocenters. The topological polar surface area (TPSA) is 8.81 Å². The van der Waals surface area contributed by atoms with Crippen LogP contribution < -0.4 is 4.57 Å². The first-order valence-corrected chi connectivity index (χ1v) is 13.8. The van der Waals surface area contributed by atoms with E-state index in [1.54, 1.807) is 0 Å². The normalized spacial score (nSPS) is 11.4. The molecular weight excluding hydrogens is 364 g/mol. The van der Waals surface area contributed by atoms with Gasteiger partial charge >= 0.3 is 0 Å². The molecule has 30 heavy (non-hydrogen) atoms. The van der Waals surface area contributed by atoms with Crippen molar-refractivity contribution in [1.82, 2.24) is 4.57 Å². The molecule has 1 aromatic rings. The molecule has 176 valence electrons. The lowest BCUT2D eigenvalue weighted by atomic mass is 10.0. The molecule has 0 radical (unpaired) electrons. The summed E-state index contributed by atoms with van der Waals surface area (Å²) >= 11 is 0.